The largest absolute Gasteiger partial charge is 0.497 e. The van der Waals surface area contributed by atoms with Gasteiger partial charge in [-0.05, 0) is 60.4 Å². The van der Waals surface area contributed by atoms with Crippen LogP contribution in [0.2, 0.25) is 0 Å². The maximum Gasteiger partial charge on any atom is 0.269 e. The van der Waals surface area contributed by atoms with Gasteiger partial charge in [0.1, 0.15) is 29.0 Å². The molecule has 0 aromatic heterocycles. The highest BCUT2D eigenvalue weighted by atomic mass is 32.2. The molecule has 0 unspecified atom stereocenters. The second-order valence-electron chi connectivity index (χ2n) is 10.2. The smallest absolute Gasteiger partial charge is 0.269 e. The Morgan fingerprint density at radius 3 is 2.44 bits per heavy atom. The molecule has 3 aromatic carbocycles. The molecule has 3 amide bonds. The van der Waals surface area contributed by atoms with E-state index in [1.807, 2.05) is 0 Å². The fourth-order valence-electron chi connectivity index (χ4n) is 5.25. The van der Waals surface area contributed by atoms with Gasteiger partial charge in [-0.25, -0.2) is 12.7 Å². The van der Waals surface area contributed by atoms with Crippen LogP contribution in [0.4, 0.5) is 0 Å². The molecule has 2 aliphatic rings. The van der Waals surface area contributed by atoms with E-state index in [4.69, 9.17) is 14.2 Å². The van der Waals surface area contributed by atoms with Gasteiger partial charge < -0.3 is 24.4 Å². The number of ether oxygens (including phenoxy) is 3. The molecule has 3 aromatic rings. The fraction of sp³-hybridized carbons (Fsp3) is 0.323. The first-order chi connectivity index (χ1) is 20.7. The number of sulfonamides is 1. The number of amides is 3. The van der Waals surface area contributed by atoms with Gasteiger partial charge >= 0.3 is 0 Å². The van der Waals surface area contributed by atoms with E-state index < -0.39 is 40.3 Å². The molecule has 226 valence electrons. The maximum absolute atomic E-state index is 14.2. The summed E-state index contributed by atoms with van der Waals surface area (Å²) < 4.78 is 43.5. The SMILES string of the molecule is COc1ccc(CN(C(=O)CN2C(=O)c3ccccc3S2(=O)=O)[C@@H](C(=O)NC[C@@H]2CCCO2)c2cccc(OC)c2)cc1. The molecule has 12 heteroatoms. The second-order valence-corrected chi connectivity index (χ2v) is 12.1. The van der Waals surface area contributed by atoms with Crippen LogP contribution in [0.15, 0.2) is 77.7 Å². The maximum atomic E-state index is 14.2. The number of methoxy groups -OCH3 is 2. The minimum atomic E-state index is -4.27. The van der Waals surface area contributed by atoms with E-state index in [2.05, 4.69) is 5.32 Å². The van der Waals surface area contributed by atoms with E-state index in [0.717, 1.165) is 12.8 Å². The molecule has 0 bridgehead atoms. The van der Waals surface area contributed by atoms with Crippen LogP contribution in [0.1, 0.15) is 40.4 Å². The molecule has 11 nitrogen and oxygen atoms in total. The molecule has 0 spiro atoms. The number of carbonyl (C=O) groups excluding carboxylic acids is 3. The van der Waals surface area contributed by atoms with Gasteiger partial charge in [0.2, 0.25) is 11.8 Å². The third-order valence-electron chi connectivity index (χ3n) is 7.52. The molecule has 2 heterocycles. The minimum Gasteiger partial charge on any atom is -0.497 e. The summed E-state index contributed by atoms with van der Waals surface area (Å²) in [5.41, 5.74) is 1.11. The van der Waals surface area contributed by atoms with Gasteiger partial charge in [-0.2, -0.15) is 0 Å². The van der Waals surface area contributed by atoms with Crippen molar-refractivity contribution in [2.75, 3.05) is 33.9 Å². The number of hydrogen-bond donors (Lipinski definition) is 1. The van der Waals surface area contributed by atoms with Crippen molar-refractivity contribution >= 4 is 27.7 Å². The average molecular weight is 608 g/mol. The predicted octanol–water partition coefficient (Wildman–Crippen LogP) is 2.91. The topological polar surface area (TPSA) is 132 Å². The van der Waals surface area contributed by atoms with E-state index in [1.54, 1.807) is 54.6 Å². The summed E-state index contributed by atoms with van der Waals surface area (Å²) >= 11 is 0. The quantitative estimate of drug-likeness (QED) is 0.352. The zero-order valence-corrected chi connectivity index (χ0v) is 24.7. The average Bonchev–Trinajstić information content (AvgIpc) is 3.61. The summed E-state index contributed by atoms with van der Waals surface area (Å²) in [7, 11) is -1.24. The van der Waals surface area contributed by atoms with Crippen molar-refractivity contribution in [2.24, 2.45) is 0 Å². The molecular weight excluding hydrogens is 574 g/mol. The lowest BCUT2D eigenvalue weighted by Gasteiger charge is -2.33. The van der Waals surface area contributed by atoms with Gasteiger partial charge in [-0.1, -0.05) is 36.4 Å². The van der Waals surface area contributed by atoms with Crippen molar-refractivity contribution in [1.29, 1.82) is 0 Å². The minimum absolute atomic E-state index is 0.00402. The highest BCUT2D eigenvalue weighted by Crippen LogP contribution is 2.32. The molecule has 1 N–H and O–H groups in total. The highest BCUT2D eigenvalue weighted by Gasteiger charge is 2.43. The summed E-state index contributed by atoms with van der Waals surface area (Å²) in [5, 5.41) is 2.92. The molecule has 0 radical (unpaired) electrons. The lowest BCUT2D eigenvalue weighted by Crippen LogP contribution is -2.48. The summed E-state index contributed by atoms with van der Waals surface area (Å²) in [5.74, 6) is -0.940. The van der Waals surface area contributed by atoms with Crippen LogP contribution >= 0.6 is 0 Å². The van der Waals surface area contributed by atoms with Crippen molar-refractivity contribution < 1.29 is 37.0 Å². The van der Waals surface area contributed by atoms with Crippen LogP contribution in [0.25, 0.3) is 0 Å². The van der Waals surface area contributed by atoms with E-state index in [9.17, 15) is 22.8 Å². The molecular formula is C31H33N3O8S. The molecule has 2 atom stereocenters. The van der Waals surface area contributed by atoms with Gasteiger partial charge in [0.15, 0.2) is 0 Å². The molecule has 1 saturated heterocycles. The molecule has 43 heavy (non-hydrogen) atoms. The van der Waals surface area contributed by atoms with Crippen LogP contribution in [0.5, 0.6) is 11.5 Å². The van der Waals surface area contributed by atoms with E-state index >= 15 is 0 Å². The molecule has 2 aliphatic heterocycles. The van der Waals surface area contributed by atoms with Crippen LogP contribution < -0.4 is 14.8 Å². The summed E-state index contributed by atoms with van der Waals surface area (Å²) in [6.45, 7) is 0.0133. The highest BCUT2D eigenvalue weighted by molar-refractivity contribution is 7.90. The third-order valence-corrected chi connectivity index (χ3v) is 9.31. The van der Waals surface area contributed by atoms with Crippen molar-refractivity contribution in [3.8, 4) is 11.5 Å². The number of fused-ring (bicyclic) bond motifs is 1. The number of hydrogen-bond acceptors (Lipinski definition) is 8. The van der Waals surface area contributed by atoms with Crippen molar-refractivity contribution in [3.05, 3.63) is 89.5 Å². The van der Waals surface area contributed by atoms with Gasteiger partial charge in [0, 0.05) is 19.7 Å². The Morgan fingerprint density at radius 1 is 1.02 bits per heavy atom. The Hall–Kier alpha value is -4.42. The van der Waals surface area contributed by atoms with Crippen LogP contribution in [-0.4, -0.2) is 75.4 Å². The van der Waals surface area contributed by atoms with Crippen LogP contribution in [-0.2, 0) is 30.9 Å². The first kappa shape index (κ1) is 30.1. The Kier molecular flexibility index (Phi) is 8.97. The van der Waals surface area contributed by atoms with Crippen LogP contribution in [0, 0.1) is 0 Å². The number of rotatable bonds is 11. The number of carbonyl (C=O) groups is 3. The number of nitrogens with zero attached hydrogens (tertiary/aromatic N) is 2. The lowest BCUT2D eigenvalue weighted by atomic mass is 10.0. The zero-order chi connectivity index (χ0) is 30.6. The Balaban J connectivity index is 1.52. The summed E-state index contributed by atoms with van der Waals surface area (Å²) in [4.78, 5) is 42.4. The van der Waals surface area contributed by atoms with Crippen LogP contribution in [0.3, 0.4) is 0 Å². The zero-order valence-electron chi connectivity index (χ0n) is 23.9. The normalized spacial score (nSPS) is 17.7. The van der Waals surface area contributed by atoms with E-state index in [-0.39, 0.29) is 29.7 Å². The van der Waals surface area contributed by atoms with Gasteiger partial charge in [-0.3, -0.25) is 14.4 Å². The Labute approximate surface area is 250 Å². The molecule has 0 saturated carbocycles. The van der Waals surface area contributed by atoms with E-state index in [1.165, 1.54) is 37.3 Å². The van der Waals surface area contributed by atoms with Crippen molar-refractivity contribution in [2.45, 2.75) is 36.4 Å². The van der Waals surface area contributed by atoms with Crippen molar-refractivity contribution in [3.63, 3.8) is 0 Å². The second kappa shape index (κ2) is 12.8. The molecule has 1 fully saturated rings. The lowest BCUT2D eigenvalue weighted by molar-refractivity contribution is -0.141. The number of nitrogens with one attached hydrogen (secondary N) is 1. The van der Waals surface area contributed by atoms with Gasteiger partial charge in [-0.15, -0.1) is 0 Å². The Morgan fingerprint density at radius 2 is 1.77 bits per heavy atom. The summed E-state index contributed by atoms with van der Waals surface area (Å²) in [6.07, 6.45) is 1.54. The standard InChI is InChI=1S/C31H33N3O8S/c1-40-23-14-12-21(13-15-23)19-33(28(35)20-34-31(37)26-10-3-4-11-27(26)43(34,38)39)29(22-7-5-8-24(17-22)41-2)30(36)32-18-25-9-6-16-42-25/h3-5,7-8,10-15,17,25,29H,6,9,16,18-20H2,1-2H3,(H,32,36)/t25-,29+/m0/s1. The predicted molar refractivity (Wildman–Crippen MR) is 156 cm³/mol. The van der Waals surface area contributed by atoms with Gasteiger partial charge in [0.05, 0.1) is 25.9 Å². The molecule has 0 aliphatic carbocycles. The summed E-state index contributed by atoms with van der Waals surface area (Å²) in [6, 6.07) is 18.3. The third kappa shape index (κ3) is 6.35. The molecule has 5 rings (SSSR count). The number of benzene rings is 3. The first-order valence-electron chi connectivity index (χ1n) is 13.8. The Bertz CT molecular complexity index is 1600. The fourth-order valence-corrected chi connectivity index (χ4v) is 6.77. The van der Waals surface area contributed by atoms with E-state index in [0.29, 0.717) is 33.5 Å². The first-order valence-corrected chi connectivity index (χ1v) is 15.3. The van der Waals surface area contributed by atoms with Crippen molar-refractivity contribution in [1.82, 2.24) is 14.5 Å². The van der Waals surface area contributed by atoms with Gasteiger partial charge in [0.25, 0.3) is 15.9 Å². The monoisotopic (exact) mass is 607 g/mol.